The predicted molar refractivity (Wildman–Crippen MR) is 120 cm³/mol. The van der Waals surface area contributed by atoms with Crippen LogP contribution >= 0.6 is 0 Å². The molecular formula is C26H34N2O2. The van der Waals surface area contributed by atoms with Crippen molar-refractivity contribution in [3.8, 4) is 0 Å². The maximum Gasteiger partial charge on any atom is 0.227 e. The fraction of sp³-hybridized carbons (Fsp3) is 0.500. The molecule has 4 rings (SSSR count). The monoisotopic (exact) mass is 406 g/mol. The number of benzene rings is 2. The van der Waals surface area contributed by atoms with Gasteiger partial charge < -0.3 is 14.9 Å². The Labute approximate surface area is 180 Å². The molecule has 0 aliphatic carbocycles. The predicted octanol–water partition coefficient (Wildman–Crippen LogP) is 3.31. The average molecular weight is 407 g/mol. The summed E-state index contributed by atoms with van der Waals surface area (Å²) in [5.74, 6) is 0.792. The van der Waals surface area contributed by atoms with Crippen molar-refractivity contribution in [1.29, 1.82) is 0 Å². The van der Waals surface area contributed by atoms with E-state index in [0.29, 0.717) is 12.3 Å². The molecule has 2 aromatic rings. The highest BCUT2D eigenvalue weighted by molar-refractivity contribution is 5.79. The van der Waals surface area contributed by atoms with E-state index in [4.69, 9.17) is 0 Å². The zero-order chi connectivity index (χ0) is 21.0. The minimum atomic E-state index is 0.173. The van der Waals surface area contributed by atoms with Crippen LogP contribution in [0.15, 0.2) is 54.6 Å². The first-order valence-electron chi connectivity index (χ1n) is 11.3. The van der Waals surface area contributed by atoms with Crippen LogP contribution in [0.1, 0.15) is 29.5 Å². The number of fused-ring (bicyclic) bond motifs is 1. The number of likely N-dealkylation sites (tertiary alicyclic amines) is 2. The maximum atomic E-state index is 13.1. The molecule has 160 valence electrons. The Morgan fingerprint density at radius 1 is 1.07 bits per heavy atom. The van der Waals surface area contributed by atoms with Crippen molar-refractivity contribution < 1.29 is 9.90 Å². The summed E-state index contributed by atoms with van der Waals surface area (Å²) in [6.45, 7) is 7.11. The van der Waals surface area contributed by atoms with Crippen LogP contribution in [0.3, 0.4) is 0 Å². The average Bonchev–Trinajstić information content (AvgIpc) is 3.27. The van der Waals surface area contributed by atoms with Crippen molar-refractivity contribution in [2.45, 2.75) is 32.6 Å². The summed E-state index contributed by atoms with van der Waals surface area (Å²) in [6, 6.07) is 18.9. The SMILES string of the molecule is Cc1ccccc1CC(=O)N1C[C@@H]2CN(CCCO)C[C@]2(CCc2ccccc2)C1. The van der Waals surface area contributed by atoms with Gasteiger partial charge in [-0.15, -0.1) is 0 Å². The number of carbonyl (C=O) groups excluding carboxylic acids is 1. The summed E-state index contributed by atoms with van der Waals surface area (Å²) in [5, 5.41) is 9.24. The number of hydrogen-bond acceptors (Lipinski definition) is 3. The number of aryl methyl sites for hydroxylation is 2. The van der Waals surface area contributed by atoms with E-state index in [9.17, 15) is 9.90 Å². The summed E-state index contributed by atoms with van der Waals surface area (Å²) < 4.78 is 0. The number of rotatable bonds is 8. The second-order valence-electron chi connectivity index (χ2n) is 9.23. The molecule has 4 heteroatoms. The molecule has 1 N–H and O–H groups in total. The second-order valence-corrected chi connectivity index (χ2v) is 9.23. The highest BCUT2D eigenvalue weighted by atomic mass is 16.3. The van der Waals surface area contributed by atoms with Gasteiger partial charge in [-0.2, -0.15) is 0 Å². The molecule has 0 radical (unpaired) electrons. The van der Waals surface area contributed by atoms with Gasteiger partial charge in [-0.1, -0.05) is 54.6 Å². The van der Waals surface area contributed by atoms with E-state index in [2.05, 4.69) is 59.2 Å². The number of carbonyl (C=O) groups is 1. The molecule has 2 fully saturated rings. The van der Waals surface area contributed by atoms with E-state index < -0.39 is 0 Å². The van der Waals surface area contributed by atoms with Crippen molar-refractivity contribution in [3.63, 3.8) is 0 Å². The van der Waals surface area contributed by atoms with E-state index in [1.807, 2.05) is 12.1 Å². The van der Waals surface area contributed by atoms with Crippen LogP contribution in [0.25, 0.3) is 0 Å². The van der Waals surface area contributed by atoms with Crippen LogP contribution in [0, 0.1) is 18.3 Å². The van der Waals surface area contributed by atoms with E-state index in [1.54, 1.807) is 0 Å². The van der Waals surface area contributed by atoms with Gasteiger partial charge in [0.1, 0.15) is 0 Å². The van der Waals surface area contributed by atoms with Gasteiger partial charge in [-0.3, -0.25) is 4.79 Å². The summed E-state index contributed by atoms with van der Waals surface area (Å²) in [7, 11) is 0. The largest absolute Gasteiger partial charge is 0.396 e. The van der Waals surface area contributed by atoms with Crippen molar-refractivity contribution in [1.82, 2.24) is 9.80 Å². The van der Waals surface area contributed by atoms with E-state index in [1.165, 1.54) is 11.1 Å². The molecule has 1 amide bonds. The summed E-state index contributed by atoms with van der Waals surface area (Å²) in [4.78, 5) is 17.8. The van der Waals surface area contributed by atoms with Crippen LogP contribution in [-0.2, 0) is 17.6 Å². The minimum absolute atomic E-state index is 0.173. The Balaban J connectivity index is 1.46. The van der Waals surface area contributed by atoms with Crippen LogP contribution in [-0.4, -0.2) is 60.1 Å². The smallest absolute Gasteiger partial charge is 0.227 e. The second kappa shape index (κ2) is 9.32. The maximum absolute atomic E-state index is 13.1. The first kappa shape index (κ1) is 21.1. The van der Waals surface area contributed by atoms with Crippen molar-refractivity contribution in [3.05, 3.63) is 71.3 Å². The van der Waals surface area contributed by atoms with Gasteiger partial charge in [-0.25, -0.2) is 0 Å². The van der Waals surface area contributed by atoms with Crippen LogP contribution in [0.2, 0.25) is 0 Å². The lowest BCUT2D eigenvalue weighted by Crippen LogP contribution is -2.38. The Morgan fingerprint density at radius 3 is 2.60 bits per heavy atom. The number of hydrogen-bond donors (Lipinski definition) is 1. The lowest BCUT2D eigenvalue weighted by atomic mass is 9.76. The molecule has 0 bridgehead atoms. The number of aliphatic hydroxyl groups is 1. The lowest BCUT2D eigenvalue weighted by Gasteiger charge is -2.30. The third kappa shape index (κ3) is 4.60. The Bertz CT molecular complexity index is 853. The molecule has 2 aliphatic heterocycles. The van der Waals surface area contributed by atoms with Gasteiger partial charge in [0.05, 0.1) is 6.42 Å². The van der Waals surface area contributed by atoms with Crippen molar-refractivity contribution in [2.24, 2.45) is 11.3 Å². The van der Waals surface area contributed by atoms with Crippen LogP contribution in [0.4, 0.5) is 0 Å². The zero-order valence-corrected chi connectivity index (χ0v) is 18.1. The first-order chi connectivity index (χ1) is 14.6. The van der Waals surface area contributed by atoms with Gasteiger partial charge in [0.25, 0.3) is 0 Å². The van der Waals surface area contributed by atoms with E-state index >= 15 is 0 Å². The Kier molecular flexibility index (Phi) is 6.55. The summed E-state index contributed by atoms with van der Waals surface area (Å²) in [5.41, 5.74) is 3.89. The third-order valence-electron chi connectivity index (χ3n) is 7.17. The third-order valence-corrected chi connectivity index (χ3v) is 7.17. The molecule has 30 heavy (non-hydrogen) atoms. The molecule has 4 nitrogen and oxygen atoms in total. The summed E-state index contributed by atoms with van der Waals surface area (Å²) in [6.07, 6.45) is 3.51. The molecule has 2 aliphatic rings. The van der Waals surface area contributed by atoms with Gasteiger partial charge in [0.2, 0.25) is 5.91 Å². The molecule has 0 spiro atoms. The first-order valence-corrected chi connectivity index (χ1v) is 11.3. The van der Waals surface area contributed by atoms with Crippen molar-refractivity contribution >= 4 is 5.91 Å². The summed E-state index contributed by atoms with van der Waals surface area (Å²) >= 11 is 0. The van der Waals surface area contributed by atoms with E-state index in [-0.39, 0.29) is 17.9 Å². The molecule has 2 aromatic carbocycles. The standard InChI is InChI=1S/C26H34N2O2/c1-21-8-5-6-11-23(21)16-25(30)28-18-24-17-27(14-7-15-29)19-26(24,20-28)13-12-22-9-3-2-4-10-22/h2-6,8-11,24,29H,7,12-20H2,1H3/t24-,26+/m0/s1. The van der Waals surface area contributed by atoms with Gasteiger partial charge >= 0.3 is 0 Å². The van der Waals surface area contributed by atoms with Crippen molar-refractivity contribution in [2.75, 3.05) is 39.3 Å². The molecular weight excluding hydrogens is 372 g/mol. The number of aliphatic hydroxyl groups excluding tert-OH is 1. The molecule has 0 saturated carbocycles. The van der Waals surface area contributed by atoms with Gasteiger partial charge in [0.15, 0.2) is 0 Å². The van der Waals surface area contributed by atoms with Gasteiger partial charge in [0, 0.05) is 44.7 Å². The van der Waals surface area contributed by atoms with E-state index in [0.717, 1.165) is 57.5 Å². The minimum Gasteiger partial charge on any atom is -0.396 e. The Hall–Kier alpha value is -2.17. The molecule has 2 saturated heterocycles. The van der Waals surface area contributed by atoms with Crippen LogP contribution < -0.4 is 0 Å². The number of amides is 1. The normalized spacial score (nSPS) is 23.7. The fourth-order valence-corrected chi connectivity index (χ4v) is 5.42. The van der Waals surface area contributed by atoms with Gasteiger partial charge in [-0.05, 0) is 48.8 Å². The topological polar surface area (TPSA) is 43.8 Å². The number of nitrogens with zero attached hydrogens (tertiary/aromatic N) is 2. The Morgan fingerprint density at radius 2 is 1.83 bits per heavy atom. The fourth-order valence-electron chi connectivity index (χ4n) is 5.42. The lowest BCUT2D eigenvalue weighted by molar-refractivity contribution is -0.130. The molecule has 0 unspecified atom stereocenters. The highest BCUT2D eigenvalue weighted by Crippen LogP contribution is 2.46. The zero-order valence-electron chi connectivity index (χ0n) is 18.1. The quantitative estimate of drug-likeness (QED) is 0.731. The molecule has 2 atom stereocenters. The van der Waals surface area contributed by atoms with Crippen LogP contribution in [0.5, 0.6) is 0 Å². The highest BCUT2D eigenvalue weighted by Gasteiger charge is 2.52. The molecule has 0 aromatic heterocycles. The molecule has 2 heterocycles.